The lowest BCUT2D eigenvalue weighted by atomic mass is 9.76. The number of methoxy groups -OCH3 is 1. The van der Waals surface area contributed by atoms with Crippen LogP contribution in [-0.4, -0.2) is 41.5 Å². The van der Waals surface area contributed by atoms with Crippen LogP contribution in [0.4, 0.5) is 0 Å². The molecule has 0 fully saturated rings. The number of ether oxygens (including phenoxy) is 4. The predicted octanol–water partition coefficient (Wildman–Crippen LogP) is 3.55. The molecule has 7 heteroatoms. The zero-order chi connectivity index (χ0) is 20.2. The van der Waals surface area contributed by atoms with E-state index in [4.69, 9.17) is 18.9 Å². The number of hydrogen-bond acceptors (Lipinski definition) is 6. The average molecular weight is 449 g/mol. The summed E-state index contributed by atoms with van der Waals surface area (Å²) in [5.74, 6) is 0.297. The second kappa shape index (κ2) is 6.65. The van der Waals surface area contributed by atoms with Crippen LogP contribution in [0.1, 0.15) is 31.1 Å². The van der Waals surface area contributed by atoms with Crippen LogP contribution < -0.4 is 4.74 Å². The molecule has 0 aromatic heterocycles. The van der Waals surface area contributed by atoms with Crippen molar-refractivity contribution in [3.05, 3.63) is 53.0 Å². The third-order valence-corrected chi connectivity index (χ3v) is 6.88. The normalized spacial score (nSPS) is 30.0. The molecule has 0 amide bonds. The highest BCUT2D eigenvalue weighted by Crippen LogP contribution is 2.48. The van der Waals surface area contributed by atoms with Gasteiger partial charge in [-0.1, -0.05) is 28.1 Å². The van der Waals surface area contributed by atoms with Crippen LogP contribution in [0.25, 0.3) is 0 Å². The summed E-state index contributed by atoms with van der Waals surface area (Å²) < 4.78 is 23.6. The number of esters is 1. The van der Waals surface area contributed by atoms with Crippen LogP contribution in [-0.2, 0) is 19.0 Å². The monoisotopic (exact) mass is 448 g/mol. The van der Waals surface area contributed by atoms with Crippen molar-refractivity contribution in [1.29, 1.82) is 0 Å². The minimum atomic E-state index is -0.683. The number of halogens is 1. The summed E-state index contributed by atoms with van der Waals surface area (Å²) in [6.07, 6.45) is 0.386. The summed E-state index contributed by atoms with van der Waals surface area (Å²) in [5.41, 5.74) is 0.481. The fraction of sp³-hybridized carbons (Fsp3) is 0.429. The Kier molecular flexibility index (Phi) is 4.53. The molecule has 148 valence electrons. The van der Waals surface area contributed by atoms with Gasteiger partial charge in [0.2, 0.25) is 0 Å². The molecule has 0 radical (unpaired) electrons. The number of ketones is 1. The van der Waals surface area contributed by atoms with E-state index in [0.29, 0.717) is 28.4 Å². The van der Waals surface area contributed by atoms with Crippen LogP contribution in [0.15, 0.2) is 47.4 Å². The Labute approximate surface area is 171 Å². The second-order valence-corrected chi connectivity index (χ2v) is 8.57. The van der Waals surface area contributed by atoms with Gasteiger partial charge in [0.05, 0.1) is 23.1 Å². The van der Waals surface area contributed by atoms with Gasteiger partial charge in [-0.25, -0.2) is 0 Å². The molecule has 1 aliphatic carbocycles. The molecule has 3 aliphatic rings. The number of rotatable bonds is 2. The van der Waals surface area contributed by atoms with E-state index in [-0.39, 0.29) is 10.6 Å². The van der Waals surface area contributed by atoms with Crippen molar-refractivity contribution in [2.75, 3.05) is 7.11 Å². The van der Waals surface area contributed by atoms with E-state index in [1.165, 1.54) is 14.0 Å². The highest BCUT2D eigenvalue weighted by Gasteiger charge is 2.54. The summed E-state index contributed by atoms with van der Waals surface area (Å²) >= 11 is 3.63. The molecule has 0 N–H and O–H groups in total. The molecule has 0 bridgehead atoms. The minimum absolute atomic E-state index is 0.0935. The lowest BCUT2D eigenvalue weighted by Gasteiger charge is -2.47. The molecule has 2 unspecified atom stereocenters. The molecule has 1 aromatic rings. The molecule has 28 heavy (non-hydrogen) atoms. The number of hydrogen-bond donors (Lipinski definition) is 0. The molecule has 4 rings (SSSR count). The first-order valence-electron chi connectivity index (χ1n) is 9.04. The van der Waals surface area contributed by atoms with Gasteiger partial charge in [0, 0.05) is 13.0 Å². The quantitative estimate of drug-likeness (QED) is 0.508. The summed E-state index contributed by atoms with van der Waals surface area (Å²) in [5, 5.41) is 0. The number of fused-ring (bicyclic) bond motifs is 3. The van der Waals surface area contributed by atoms with Gasteiger partial charge in [0.25, 0.3) is 0 Å². The van der Waals surface area contributed by atoms with Gasteiger partial charge in [-0.2, -0.15) is 0 Å². The maximum atomic E-state index is 13.2. The minimum Gasteiger partial charge on any atom is -0.500 e. The van der Waals surface area contributed by atoms with Crippen LogP contribution in [0.5, 0.6) is 5.75 Å². The Morgan fingerprint density at radius 3 is 2.64 bits per heavy atom. The standard InChI is InChI=1S/C21H21BrO6/c1-10(23)26-19-16-14(28-21(2,3)20(19)22)9-13(25-4)15-17(24)11-7-5-6-8-12(11)27-18(15)16/h5-9,15,18-20H,1-4H3/t15?,18?,19-,20+/m0/s1. The molecule has 2 heterocycles. The largest absolute Gasteiger partial charge is 0.500 e. The van der Waals surface area contributed by atoms with Crippen molar-refractivity contribution in [2.24, 2.45) is 5.92 Å². The molecule has 6 nitrogen and oxygen atoms in total. The number of para-hydroxylation sites is 1. The Bertz CT molecular complexity index is 915. The van der Waals surface area contributed by atoms with Gasteiger partial charge in [0.1, 0.15) is 41.0 Å². The molecule has 0 saturated heterocycles. The highest BCUT2D eigenvalue weighted by molar-refractivity contribution is 9.09. The smallest absolute Gasteiger partial charge is 0.303 e. The van der Waals surface area contributed by atoms with E-state index in [2.05, 4.69) is 15.9 Å². The maximum Gasteiger partial charge on any atom is 0.303 e. The number of Topliss-reactive ketones (excluding diaryl/α,β-unsaturated/α-hetero) is 1. The van der Waals surface area contributed by atoms with Crippen molar-refractivity contribution >= 4 is 27.7 Å². The number of carbonyl (C=O) groups excluding carboxylic acids is 2. The molecule has 4 atom stereocenters. The number of benzene rings is 1. The second-order valence-electron chi connectivity index (χ2n) is 7.58. The van der Waals surface area contributed by atoms with Crippen molar-refractivity contribution in [2.45, 2.75) is 43.4 Å². The predicted molar refractivity (Wildman–Crippen MR) is 104 cm³/mol. The van der Waals surface area contributed by atoms with Gasteiger partial charge in [-0.15, -0.1) is 0 Å². The Morgan fingerprint density at radius 2 is 1.96 bits per heavy atom. The third-order valence-electron chi connectivity index (χ3n) is 5.30. The van der Waals surface area contributed by atoms with Crippen molar-refractivity contribution < 1.29 is 28.5 Å². The van der Waals surface area contributed by atoms with Crippen molar-refractivity contribution in [3.63, 3.8) is 0 Å². The first-order chi connectivity index (χ1) is 13.2. The van der Waals surface area contributed by atoms with Gasteiger partial charge >= 0.3 is 5.97 Å². The first kappa shape index (κ1) is 19.1. The fourth-order valence-corrected chi connectivity index (χ4v) is 4.47. The van der Waals surface area contributed by atoms with Crippen molar-refractivity contribution in [3.8, 4) is 5.75 Å². The Hall–Kier alpha value is -2.28. The molecular weight excluding hydrogens is 428 g/mol. The maximum absolute atomic E-state index is 13.2. The topological polar surface area (TPSA) is 71.1 Å². The van der Waals surface area contributed by atoms with E-state index in [1.54, 1.807) is 24.3 Å². The highest BCUT2D eigenvalue weighted by atomic mass is 79.9. The van der Waals surface area contributed by atoms with Gasteiger partial charge in [0.15, 0.2) is 5.78 Å². The van der Waals surface area contributed by atoms with E-state index >= 15 is 0 Å². The molecular formula is C21H21BrO6. The SMILES string of the molecule is COC1=CC2=C(C3Oc4ccccc4C(=O)C13)[C@H](OC(C)=O)[C@@H](Br)C(C)(C)O2. The van der Waals surface area contributed by atoms with E-state index < -0.39 is 29.7 Å². The molecule has 0 saturated carbocycles. The van der Waals surface area contributed by atoms with Crippen LogP contribution >= 0.6 is 15.9 Å². The van der Waals surface area contributed by atoms with Crippen LogP contribution in [0.2, 0.25) is 0 Å². The lowest BCUT2D eigenvalue weighted by molar-refractivity contribution is -0.149. The van der Waals surface area contributed by atoms with E-state index in [0.717, 1.165) is 0 Å². The summed E-state index contributed by atoms with van der Waals surface area (Å²) in [6, 6.07) is 7.11. The zero-order valence-electron chi connectivity index (χ0n) is 16.0. The first-order valence-corrected chi connectivity index (χ1v) is 9.96. The zero-order valence-corrected chi connectivity index (χ0v) is 17.6. The fourth-order valence-electron chi connectivity index (χ4n) is 3.99. The lowest BCUT2D eigenvalue weighted by Crippen LogP contribution is -2.55. The number of carbonyl (C=O) groups is 2. The van der Waals surface area contributed by atoms with Gasteiger partial charge in [-0.3, -0.25) is 9.59 Å². The average Bonchev–Trinajstić information content (AvgIpc) is 2.64. The summed E-state index contributed by atoms with van der Waals surface area (Å²) in [7, 11) is 1.52. The van der Waals surface area contributed by atoms with Crippen LogP contribution in [0, 0.1) is 5.92 Å². The van der Waals surface area contributed by atoms with E-state index in [9.17, 15) is 9.59 Å². The van der Waals surface area contributed by atoms with Gasteiger partial charge < -0.3 is 18.9 Å². The number of allylic oxidation sites excluding steroid dienone is 1. The summed E-state index contributed by atoms with van der Waals surface area (Å²) in [4.78, 5) is 24.8. The van der Waals surface area contributed by atoms with Gasteiger partial charge in [-0.05, 0) is 26.0 Å². The third kappa shape index (κ3) is 2.83. The summed E-state index contributed by atoms with van der Waals surface area (Å²) in [6.45, 7) is 5.17. The molecule has 0 spiro atoms. The number of alkyl halides is 1. The Balaban J connectivity index is 1.89. The van der Waals surface area contributed by atoms with E-state index in [1.807, 2.05) is 19.9 Å². The Morgan fingerprint density at radius 1 is 1.25 bits per heavy atom. The molecule has 1 aromatic carbocycles. The van der Waals surface area contributed by atoms with Crippen LogP contribution in [0.3, 0.4) is 0 Å². The molecule has 2 aliphatic heterocycles. The van der Waals surface area contributed by atoms with Crippen molar-refractivity contribution in [1.82, 2.24) is 0 Å².